The van der Waals surface area contributed by atoms with Crippen molar-refractivity contribution >= 4 is 23.1 Å². The quantitative estimate of drug-likeness (QED) is 0.821. The van der Waals surface area contributed by atoms with E-state index in [9.17, 15) is 9.18 Å². The van der Waals surface area contributed by atoms with Crippen molar-refractivity contribution in [3.05, 3.63) is 35.1 Å². The van der Waals surface area contributed by atoms with Crippen LogP contribution < -0.4 is 5.73 Å². The fourth-order valence-electron chi connectivity index (χ4n) is 1.87. The summed E-state index contributed by atoms with van der Waals surface area (Å²) >= 11 is 4.85. The van der Waals surface area contributed by atoms with E-state index in [4.69, 9.17) is 18.0 Å². The molecule has 0 aliphatic carbocycles. The minimum absolute atomic E-state index is 0.186. The fourth-order valence-corrected chi connectivity index (χ4v) is 1.96. The monoisotopic (exact) mass is 296 g/mol. The van der Waals surface area contributed by atoms with E-state index in [0.717, 1.165) is 0 Å². The lowest BCUT2D eigenvalue weighted by Gasteiger charge is -2.24. The summed E-state index contributed by atoms with van der Waals surface area (Å²) < 4.78 is 13.6. The third-order valence-corrected chi connectivity index (χ3v) is 3.12. The van der Waals surface area contributed by atoms with Gasteiger partial charge in [-0.3, -0.25) is 4.79 Å². The molecule has 0 bridgehead atoms. The SMILES string of the molecule is Cc1ccc(C(=O)N(CCC(N)=S)CC(C)C)cc1F. The maximum Gasteiger partial charge on any atom is 0.253 e. The third kappa shape index (κ3) is 4.89. The first-order chi connectivity index (χ1) is 9.31. The van der Waals surface area contributed by atoms with Crippen LogP contribution in [0.5, 0.6) is 0 Å². The molecule has 0 saturated heterocycles. The number of hydrogen-bond acceptors (Lipinski definition) is 2. The van der Waals surface area contributed by atoms with E-state index in [-0.39, 0.29) is 11.7 Å². The van der Waals surface area contributed by atoms with Gasteiger partial charge < -0.3 is 10.6 Å². The number of nitrogens with zero attached hydrogens (tertiary/aromatic N) is 1. The molecule has 0 aromatic heterocycles. The molecule has 1 amide bonds. The molecule has 1 aromatic carbocycles. The summed E-state index contributed by atoms with van der Waals surface area (Å²) in [4.78, 5) is 14.5. The average Bonchev–Trinajstić information content (AvgIpc) is 2.36. The maximum atomic E-state index is 13.6. The topological polar surface area (TPSA) is 46.3 Å². The van der Waals surface area contributed by atoms with Crippen LogP contribution in [-0.4, -0.2) is 28.9 Å². The number of hydrogen-bond donors (Lipinski definition) is 1. The van der Waals surface area contributed by atoms with Gasteiger partial charge >= 0.3 is 0 Å². The number of rotatable bonds is 6. The lowest BCUT2D eigenvalue weighted by atomic mass is 10.1. The molecular formula is C15H21FN2OS. The van der Waals surface area contributed by atoms with Gasteiger partial charge in [0.2, 0.25) is 0 Å². The Labute approximate surface area is 125 Å². The summed E-state index contributed by atoms with van der Waals surface area (Å²) in [5, 5.41) is 0. The summed E-state index contributed by atoms with van der Waals surface area (Å²) in [5.41, 5.74) is 6.37. The zero-order valence-corrected chi connectivity index (χ0v) is 13.0. The highest BCUT2D eigenvalue weighted by Crippen LogP contribution is 2.13. The average molecular weight is 296 g/mol. The zero-order valence-electron chi connectivity index (χ0n) is 12.1. The molecule has 3 nitrogen and oxygen atoms in total. The van der Waals surface area contributed by atoms with Gasteiger partial charge in [-0.05, 0) is 30.5 Å². The second-order valence-electron chi connectivity index (χ2n) is 5.33. The van der Waals surface area contributed by atoms with Crippen LogP contribution in [0.25, 0.3) is 0 Å². The lowest BCUT2D eigenvalue weighted by Crippen LogP contribution is -2.36. The normalized spacial score (nSPS) is 10.7. The van der Waals surface area contributed by atoms with Gasteiger partial charge in [-0.2, -0.15) is 0 Å². The summed E-state index contributed by atoms with van der Waals surface area (Å²) in [6, 6.07) is 4.55. The highest BCUT2D eigenvalue weighted by molar-refractivity contribution is 7.80. The van der Waals surface area contributed by atoms with Crippen molar-refractivity contribution in [2.75, 3.05) is 13.1 Å². The number of nitrogens with two attached hydrogens (primary N) is 1. The number of carbonyl (C=O) groups is 1. The van der Waals surface area contributed by atoms with Crippen molar-refractivity contribution < 1.29 is 9.18 Å². The van der Waals surface area contributed by atoms with Crippen LogP contribution in [0.1, 0.15) is 36.2 Å². The van der Waals surface area contributed by atoms with E-state index < -0.39 is 0 Å². The first-order valence-corrected chi connectivity index (χ1v) is 7.05. The van der Waals surface area contributed by atoms with E-state index in [1.54, 1.807) is 24.0 Å². The maximum absolute atomic E-state index is 13.6. The third-order valence-electron chi connectivity index (χ3n) is 2.92. The number of benzene rings is 1. The molecule has 0 fully saturated rings. The van der Waals surface area contributed by atoms with Gasteiger partial charge in [0, 0.05) is 25.1 Å². The van der Waals surface area contributed by atoms with Gasteiger partial charge in [-0.15, -0.1) is 0 Å². The fraction of sp³-hybridized carbons (Fsp3) is 0.467. The van der Waals surface area contributed by atoms with Gasteiger partial charge in [-0.1, -0.05) is 32.1 Å². The van der Waals surface area contributed by atoms with Gasteiger partial charge in [0.25, 0.3) is 5.91 Å². The largest absolute Gasteiger partial charge is 0.393 e. The van der Waals surface area contributed by atoms with E-state index in [1.165, 1.54) is 6.07 Å². The van der Waals surface area contributed by atoms with Crippen molar-refractivity contribution in [2.24, 2.45) is 11.7 Å². The van der Waals surface area contributed by atoms with Crippen LogP contribution >= 0.6 is 12.2 Å². The van der Waals surface area contributed by atoms with Crippen molar-refractivity contribution in [1.82, 2.24) is 4.90 Å². The molecule has 1 rings (SSSR count). The molecule has 0 unspecified atom stereocenters. The van der Waals surface area contributed by atoms with Crippen LogP contribution in [0.2, 0.25) is 0 Å². The molecule has 0 atom stereocenters. The smallest absolute Gasteiger partial charge is 0.253 e. The van der Waals surface area contributed by atoms with Gasteiger partial charge in [-0.25, -0.2) is 4.39 Å². The molecule has 0 aliphatic heterocycles. The molecule has 20 heavy (non-hydrogen) atoms. The minimum Gasteiger partial charge on any atom is -0.393 e. The van der Waals surface area contributed by atoms with E-state index in [2.05, 4.69) is 0 Å². The predicted molar refractivity (Wildman–Crippen MR) is 83.3 cm³/mol. The second-order valence-corrected chi connectivity index (χ2v) is 5.85. The summed E-state index contributed by atoms with van der Waals surface area (Å²) in [6.07, 6.45) is 0.474. The number of thiocarbonyl (C=S) groups is 1. The van der Waals surface area contributed by atoms with Crippen molar-refractivity contribution in [2.45, 2.75) is 27.2 Å². The number of halogens is 1. The molecule has 2 N–H and O–H groups in total. The van der Waals surface area contributed by atoms with Gasteiger partial charge in [0.05, 0.1) is 4.99 Å². The molecule has 0 spiro atoms. The van der Waals surface area contributed by atoms with Crippen LogP contribution in [0.3, 0.4) is 0 Å². The molecule has 0 aliphatic rings. The highest BCUT2D eigenvalue weighted by atomic mass is 32.1. The van der Waals surface area contributed by atoms with E-state index in [1.807, 2.05) is 13.8 Å². The Balaban J connectivity index is 2.90. The molecule has 5 heteroatoms. The summed E-state index contributed by atoms with van der Waals surface area (Å²) in [5.74, 6) is -0.232. The van der Waals surface area contributed by atoms with Gasteiger partial charge in [0.15, 0.2) is 0 Å². The van der Waals surface area contributed by atoms with Crippen LogP contribution in [0.15, 0.2) is 18.2 Å². The zero-order chi connectivity index (χ0) is 15.3. The molecular weight excluding hydrogens is 275 g/mol. The standard InChI is InChI=1S/C15H21FN2OS/c1-10(2)9-18(7-6-14(17)20)15(19)12-5-4-11(3)13(16)8-12/h4-5,8,10H,6-7,9H2,1-3H3,(H2,17,20). The van der Waals surface area contributed by atoms with Crippen LogP contribution in [0, 0.1) is 18.7 Å². The molecule has 0 radical (unpaired) electrons. The Kier molecular flexibility index (Phi) is 6.07. The Morgan fingerprint density at radius 2 is 2.10 bits per heavy atom. The number of amides is 1. The second kappa shape index (κ2) is 7.33. The Morgan fingerprint density at radius 3 is 2.60 bits per heavy atom. The molecule has 0 heterocycles. The van der Waals surface area contributed by atoms with Crippen LogP contribution in [0.4, 0.5) is 4.39 Å². The Hall–Kier alpha value is -1.49. The summed E-state index contributed by atoms with van der Waals surface area (Å²) in [7, 11) is 0. The van der Waals surface area contributed by atoms with Gasteiger partial charge in [0.1, 0.15) is 5.82 Å². The van der Waals surface area contributed by atoms with E-state index in [0.29, 0.717) is 41.5 Å². The lowest BCUT2D eigenvalue weighted by molar-refractivity contribution is 0.0740. The van der Waals surface area contributed by atoms with E-state index >= 15 is 0 Å². The van der Waals surface area contributed by atoms with Crippen LogP contribution in [-0.2, 0) is 0 Å². The first-order valence-electron chi connectivity index (χ1n) is 6.65. The molecule has 110 valence electrons. The van der Waals surface area contributed by atoms with Crippen molar-refractivity contribution in [3.8, 4) is 0 Å². The van der Waals surface area contributed by atoms with Crippen molar-refractivity contribution in [3.63, 3.8) is 0 Å². The molecule has 1 aromatic rings. The predicted octanol–water partition coefficient (Wildman–Crippen LogP) is 2.91. The molecule has 0 saturated carbocycles. The van der Waals surface area contributed by atoms with Crippen molar-refractivity contribution in [1.29, 1.82) is 0 Å². The Morgan fingerprint density at radius 1 is 1.45 bits per heavy atom. The Bertz CT molecular complexity index is 503. The first kappa shape index (κ1) is 16.6. The highest BCUT2D eigenvalue weighted by Gasteiger charge is 2.17. The number of aryl methyl sites for hydroxylation is 1. The summed E-state index contributed by atoms with van der Waals surface area (Å²) in [6.45, 7) is 6.77. The minimum atomic E-state index is -0.366. The number of carbonyl (C=O) groups excluding carboxylic acids is 1.